The van der Waals surface area contributed by atoms with Crippen LogP contribution in [-0.2, 0) is 9.47 Å². The van der Waals surface area contributed by atoms with Crippen molar-refractivity contribution in [2.24, 2.45) is 0 Å². The lowest BCUT2D eigenvalue weighted by molar-refractivity contribution is -0.0213. The highest BCUT2D eigenvalue weighted by Crippen LogP contribution is 2.31. The number of aromatic nitrogens is 3. The highest BCUT2D eigenvalue weighted by Gasteiger charge is 2.30. The van der Waals surface area contributed by atoms with Gasteiger partial charge in [0.1, 0.15) is 5.60 Å². The molecule has 0 N–H and O–H groups in total. The van der Waals surface area contributed by atoms with Crippen molar-refractivity contribution in [2.45, 2.75) is 51.2 Å². The van der Waals surface area contributed by atoms with Crippen LogP contribution in [0.2, 0.25) is 0 Å². The van der Waals surface area contributed by atoms with Gasteiger partial charge in [-0.25, -0.2) is 4.79 Å². The van der Waals surface area contributed by atoms with Crippen molar-refractivity contribution in [1.29, 1.82) is 0 Å². The molecule has 0 atom stereocenters. The zero-order valence-electron chi connectivity index (χ0n) is 18.2. The van der Waals surface area contributed by atoms with E-state index in [-0.39, 0.29) is 12.0 Å². The van der Waals surface area contributed by atoms with E-state index in [1.165, 1.54) is 5.39 Å². The molecular formula is C23H28N4O4. The van der Waals surface area contributed by atoms with Crippen LogP contribution in [0.25, 0.3) is 22.4 Å². The molecule has 164 valence electrons. The Morgan fingerprint density at radius 3 is 2.61 bits per heavy atom. The second kappa shape index (κ2) is 7.67. The average Bonchev–Trinajstić information content (AvgIpc) is 3.33. The van der Waals surface area contributed by atoms with Crippen molar-refractivity contribution in [3.05, 3.63) is 36.3 Å². The number of benzene rings is 1. The number of amides is 1. The highest BCUT2D eigenvalue weighted by molar-refractivity contribution is 5.84. The Morgan fingerprint density at radius 1 is 1.16 bits per heavy atom. The van der Waals surface area contributed by atoms with E-state index in [9.17, 15) is 4.79 Å². The van der Waals surface area contributed by atoms with Gasteiger partial charge in [0.05, 0.1) is 19.3 Å². The number of nitrogens with zero attached hydrogens (tertiary/aromatic N) is 4. The molecule has 2 aromatic heterocycles. The minimum atomic E-state index is -0.483. The first-order chi connectivity index (χ1) is 14.9. The van der Waals surface area contributed by atoms with Gasteiger partial charge >= 0.3 is 6.09 Å². The van der Waals surface area contributed by atoms with Gasteiger partial charge in [-0.2, -0.15) is 4.98 Å². The molecule has 1 aromatic carbocycles. The number of hydrogen-bond donors (Lipinski definition) is 0. The maximum Gasteiger partial charge on any atom is 0.410 e. The molecule has 8 nitrogen and oxygen atoms in total. The number of hydrogen-bond acceptors (Lipinski definition) is 6. The van der Waals surface area contributed by atoms with Crippen molar-refractivity contribution in [2.75, 3.05) is 26.3 Å². The zero-order chi connectivity index (χ0) is 21.6. The van der Waals surface area contributed by atoms with Gasteiger partial charge in [0.2, 0.25) is 0 Å². The Hall–Kier alpha value is -2.87. The number of rotatable bonds is 3. The van der Waals surface area contributed by atoms with E-state index >= 15 is 0 Å². The molecule has 0 radical (unpaired) electrons. The standard InChI is InChI=1S/C23H28N4O4/c1-23(2,3)30-22(28)26-9-6-16(7-10-26)20-24-21(31-25-20)17-5-4-15-8-11-27(19(15)12-17)18-13-29-14-18/h4-5,8,11-12,16,18H,6-7,9-10,13-14H2,1-3H3. The van der Waals surface area contributed by atoms with Crippen molar-refractivity contribution in [1.82, 2.24) is 19.6 Å². The number of piperidine rings is 1. The molecule has 4 heterocycles. The predicted molar refractivity (Wildman–Crippen MR) is 115 cm³/mol. The van der Waals surface area contributed by atoms with Crippen LogP contribution in [0.3, 0.4) is 0 Å². The first-order valence-electron chi connectivity index (χ1n) is 10.9. The maximum atomic E-state index is 12.3. The van der Waals surface area contributed by atoms with Crippen LogP contribution in [-0.4, -0.2) is 57.6 Å². The van der Waals surface area contributed by atoms with E-state index in [1.54, 1.807) is 4.90 Å². The van der Waals surface area contributed by atoms with Crippen LogP contribution >= 0.6 is 0 Å². The van der Waals surface area contributed by atoms with Crippen LogP contribution in [0.5, 0.6) is 0 Å². The summed E-state index contributed by atoms with van der Waals surface area (Å²) in [6, 6.07) is 8.72. The number of carbonyl (C=O) groups is 1. The molecule has 0 saturated carbocycles. The predicted octanol–water partition coefficient (Wildman–Crippen LogP) is 4.38. The minimum absolute atomic E-state index is 0.177. The average molecular weight is 425 g/mol. The molecule has 0 unspecified atom stereocenters. The summed E-state index contributed by atoms with van der Waals surface area (Å²) in [7, 11) is 0. The van der Waals surface area contributed by atoms with E-state index in [2.05, 4.69) is 39.1 Å². The van der Waals surface area contributed by atoms with E-state index < -0.39 is 5.60 Å². The third kappa shape index (κ3) is 4.04. The summed E-state index contributed by atoms with van der Waals surface area (Å²) in [6.45, 7) is 8.41. The van der Waals surface area contributed by atoms with Gasteiger partial charge in [-0.1, -0.05) is 11.2 Å². The third-order valence-electron chi connectivity index (χ3n) is 5.94. The summed E-state index contributed by atoms with van der Waals surface area (Å²) < 4.78 is 18.7. The molecule has 31 heavy (non-hydrogen) atoms. The van der Waals surface area contributed by atoms with E-state index in [0.29, 0.717) is 30.8 Å². The molecule has 2 saturated heterocycles. The van der Waals surface area contributed by atoms with Crippen LogP contribution < -0.4 is 0 Å². The Balaban J connectivity index is 1.28. The maximum absolute atomic E-state index is 12.3. The van der Waals surface area contributed by atoms with Gasteiger partial charge < -0.3 is 23.5 Å². The van der Waals surface area contributed by atoms with E-state index in [1.807, 2.05) is 26.8 Å². The van der Waals surface area contributed by atoms with Gasteiger partial charge in [-0.05, 0) is 57.2 Å². The summed E-state index contributed by atoms with van der Waals surface area (Å²) in [4.78, 5) is 18.7. The zero-order valence-corrected chi connectivity index (χ0v) is 18.2. The highest BCUT2D eigenvalue weighted by atomic mass is 16.6. The third-order valence-corrected chi connectivity index (χ3v) is 5.94. The Kier molecular flexibility index (Phi) is 4.97. The molecular weight excluding hydrogens is 396 g/mol. The Labute approximate surface area is 181 Å². The lowest BCUT2D eigenvalue weighted by atomic mass is 9.96. The Morgan fingerprint density at radius 2 is 1.94 bits per heavy atom. The Bertz CT molecular complexity index is 1080. The lowest BCUT2D eigenvalue weighted by Gasteiger charge is -2.32. The monoisotopic (exact) mass is 424 g/mol. The minimum Gasteiger partial charge on any atom is -0.444 e. The van der Waals surface area contributed by atoms with Crippen LogP contribution in [0.1, 0.15) is 51.4 Å². The summed E-state index contributed by atoms with van der Waals surface area (Å²) >= 11 is 0. The molecule has 2 fully saturated rings. The molecule has 1 amide bonds. The molecule has 0 aliphatic carbocycles. The van der Waals surface area contributed by atoms with Gasteiger partial charge in [0, 0.05) is 36.3 Å². The second-order valence-corrected chi connectivity index (χ2v) is 9.39. The van der Waals surface area contributed by atoms with Crippen LogP contribution in [0.15, 0.2) is 35.0 Å². The number of ether oxygens (including phenoxy) is 2. The fraction of sp³-hybridized carbons (Fsp3) is 0.522. The molecule has 0 bridgehead atoms. The summed E-state index contributed by atoms with van der Waals surface area (Å²) in [6.07, 6.45) is 3.44. The smallest absolute Gasteiger partial charge is 0.410 e. The van der Waals surface area contributed by atoms with Crippen LogP contribution in [0, 0.1) is 0 Å². The summed E-state index contributed by atoms with van der Waals surface area (Å²) in [5, 5.41) is 5.44. The molecule has 2 aliphatic rings. The normalized spacial score (nSPS) is 18.4. The quantitative estimate of drug-likeness (QED) is 0.621. The van der Waals surface area contributed by atoms with Crippen LogP contribution in [0.4, 0.5) is 4.79 Å². The van der Waals surface area contributed by atoms with Gasteiger partial charge in [-0.3, -0.25) is 0 Å². The summed E-state index contributed by atoms with van der Waals surface area (Å²) in [5.41, 5.74) is 1.58. The van der Waals surface area contributed by atoms with Gasteiger partial charge in [0.15, 0.2) is 5.82 Å². The largest absolute Gasteiger partial charge is 0.444 e. The van der Waals surface area contributed by atoms with Crippen molar-refractivity contribution >= 4 is 17.0 Å². The fourth-order valence-corrected chi connectivity index (χ4v) is 4.15. The molecule has 0 spiro atoms. The summed E-state index contributed by atoms with van der Waals surface area (Å²) in [5.74, 6) is 1.42. The van der Waals surface area contributed by atoms with Crippen molar-refractivity contribution in [3.63, 3.8) is 0 Å². The molecule has 3 aromatic rings. The fourth-order valence-electron chi connectivity index (χ4n) is 4.15. The lowest BCUT2D eigenvalue weighted by Crippen LogP contribution is -2.41. The molecule has 8 heteroatoms. The first kappa shape index (κ1) is 20.1. The second-order valence-electron chi connectivity index (χ2n) is 9.39. The van der Waals surface area contributed by atoms with E-state index in [0.717, 1.165) is 37.1 Å². The number of likely N-dealkylation sites (tertiary alicyclic amines) is 1. The topological polar surface area (TPSA) is 82.6 Å². The molecule has 2 aliphatic heterocycles. The SMILES string of the molecule is CC(C)(C)OC(=O)N1CCC(c2noc(-c3ccc4ccn(C5COC5)c4c3)n2)CC1. The molecule has 5 rings (SSSR count). The number of carbonyl (C=O) groups excluding carboxylic acids is 1. The van der Waals surface area contributed by atoms with Gasteiger partial charge in [0.25, 0.3) is 5.89 Å². The van der Waals surface area contributed by atoms with Crippen molar-refractivity contribution < 1.29 is 18.8 Å². The van der Waals surface area contributed by atoms with E-state index in [4.69, 9.17) is 14.0 Å². The van der Waals surface area contributed by atoms with Crippen molar-refractivity contribution in [3.8, 4) is 11.5 Å². The number of fused-ring (bicyclic) bond motifs is 1. The first-order valence-corrected chi connectivity index (χ1v) is 10.9. The van der Waals surface area contributed by atoms with Gasteiger partial charge in [-0.15, -0.1) is 0 Å².